The van der Waals surface area contributed by atoms with E-state index >= 15 is 0 Å². The van der Waals surface area contributed by atoms with Gasteiger partial charge in [-0.2, -0.15) is 8.42 Å². The van der Waals surface area contributed by atoms with Crippen molar-refractivity contribution in [2.45, 2.75) is 10.8 Å². The molecule has 0 atom stereocenters. The third-order valence-electron chi connectivity index (χ3n) is 4.87. The molecule has 1 aliphatic heterocycles. The fourth-order valence-corrected chi connectivity index (χ4v) is 6.37. The Balaban J connectivity index is 1.62. The van der Waals surface area contributed by atoms with Gasteiger partial charge in [-0.25, -0.2) is 0 Å². The molecule has 2 aromatic carbocycles. The zero-order valence-electron chi connectivity index (χ0n) is 18.8. The average molecular weight is 527 g/mol. The van der Waals surface area contributed by atoms with E-state index in [-0.39, 0.29) is 21.8 Å². The number of thioether (sulfide) groups is 1. The zero-order chi connectivity index (χ0) is 24.8. The fourth-order valence-electron chi connectivity index (χ4n) is 3.21. The summed E-state index contributed by atoms with van der Waals surface area (Å²) >= 11 is 2.08. The minimum atomic E-state index is -3.93. The highest BCUT2D eigenvalue weighted by molar-refractivity contribution is 8.19. The number of methoxy groups -OCH3 is 1. The number of amidine groups is 1. The molecule has 3 aromatic rings. The van der Waals surface area contributed by atoms with Gasteiger partial charge in [0.25, 0.3) is 15.9 Å². The number of nitrogens with zero attached hydrogens (tertiary/aromatic N) is 2. The number of thiophene rings is 1. The van der Waals surface area contributed by atoms with Gasteiger partial charge in [-0.3, -0.25) is 9.69 Å². The van der Waals surface area contributed by atoms with E-state index < -0.39 is 10.0 Å². The summed E-state index contributed by atoms with van der Waals surface area (Å²) < 4.78 is 40.8. The first-order valence-corrected chi connectivity index (χ1v) is 13.6. The third-order valence-corrected chi connectivity index (χ3v) is 8.63. The largest absolute Gasteiger partial charge is 0.493 e. The molecule has 7 nitrogen and oxygen atoms in total. The van der Waals surface area contributed by atoms with Crippen LogP contribution in [0.1, 0.15) is 11.1 Å². The smallest absolute Gasteiger partial charge is 0.294 e. The van der Waals surface area contributed by atoms with E-state index in [0.717, 1.165) is 28.7 Å². The second kappa shape index (κ2) is 10.9. The average Bonchev–Trinajstić information content (AvgIpc) is 3.50. The first-order chi connectivity index (χ1) is 16.9. The van der Waals surface area contributed by atoms with Gasteiger partial charge in [0.15, 0.2) is 16.7 Å². The van der Waals surface area contributed by atoms with Gasteiger partial charge in [-0.15, -0.1) is 22.3 Å². The molecule has 35 heavy (non-hydrogen) atoms. The van der Waals surface area contributed by atoms with Crippen LogP contribution in [0.3, 0.4) is 0 Å². The molecule has 0 N–H and O–H groups in total. The Kier molecular flexibility index (Phi) is 7.74. The van der Waals surface area contributed by atoms with E-state index in [1.807, 2.05) is 30.3 Å². The highest BCUT2D eigenvalue weighted by atomic mass is 32.2. The molecule has 180 valence electrons. The summed E-state index contributed by atoms with van der Waals surface area (Å²) in [5.41, 5.74) is 1.71. The second-order valence-corrected chi connectivity index (χ2v) is 11.1. The minimum absolute atomic E-state index is 0.0867. The highest BCUT2D eigenvalue weighted by Crippen LogP contribution is 2.36. The van der Waals surface area contributed by atoms with Gasteiger partial charge in [0.2, 0.25) is 0 Å². The number of carbonyl (C=O) groups excluding carboxylic acids is 1. The molecule has 0 radical (unpaired) electrons. The minimum Gasteiger partial charge on any atom is -0.493 e. The van der Waals surface area contributed by atoms with Crippen LogP contribution in [0.15, 0.2) is 92.2 Å². The van der Waals surface area contributed by atoms with E-state index in [9.17, 15) is 13.2 Å². The van der Waals surface area contributed by atoms with Crippen molar-refractivity contribution in [2.24, 2.45) is 4.40 Å². The van der Waals surface area contributed by atoms with Gasteiger partial charge in [-0.1, -0.05) is 48.5 Å². The molecular formula is C25H22N2O5S3. The van der Waals surface area contributed by atoms with Crippen molar-refractivity contribution in [1.29, 1.82) is 0 Å². The van der Waals surface area contributed by atoms with Crippen LogP contribution in [0.4, 0.5) is 0 Å². The maximum Gasteiger partial charge on any atom is 0.294 e. The van der Waals surface area contributed by atoms with Crippen LogP contribution >= 0.6 is 23.1 Å². The molecule has 1 amide bonds. The number of sulfonamides is 1. The number of rotatable bonds is 9. The Morgan fingerprint density at radius 2 is 1.89 bits per heavy atom. The molecule has 2 heterocycles. The van der Waals surface area contributed by atoms with Crippen molar-refractivity contribution < 1.29 is 22.7 Å². The van der Waals surface area contributed by atoms with E-state index in [2.05, 4.69) is 11.0 Å². The van der Waals surface area contributed by atoms with E-state index in [1.165, 1.54) is 17.0 Å². The topological polar surface area (TPSA) is 85.3 Å². The third kappa shape index (κ3) is 5.84. The van der Waals surface area contributed by atoms with Gasteiger partial charge in [0.1, 0.15) is 10.8 Å². The maximum atomic E-state index is 13.1. The van der Waals surface area contributed by atoms with Crippen LogP contribution in [-0.4, -0.2) is 38.0 Å². The molecule has 1 aliphatic rings. The van der Waals surface area contributed by atoms with Crippen LogP contribution in [0.5, 0.6) is 11.5 Å². The van der Waals surface area contributed by atoms with Gasteiger partial charge in [-0.05, 0) is 52.5 Å². The summed E-state index contributed by atoms with van der Waals surface area (Å²) in [6.07, 6.45) is 3.20. The normalized spacial score (nSPS) is 16.1. The van der Waals surface area contributed by atoms with Crippen LogP contribution in [0.2, 0.25) is 0 Å². The summed E-state index contributed by atoms with van der Waals surface area (Å²) in [5, 5.41) is 1.75. The number of benzene rings is 2. The number of ether oxygens (including phenoxy) is 2. The van der Waals surface area contributed by atoms with Gasteiger partial charge in [0, 0.05) is 6.54 Å². The number of hydrogen-bond donors (Lipinski definition) is 0. The number of amides is 1. The molecule has 0 saturated carbocycles. The molecular weight excluding hydrogens is 504 g/mol. The molecule has 4 rings (SSSR count). The summed E-state index contributed by atoms with van der Waals surface area (Å²) in [5.74, 6) is 0.738. The summed E-state index contributed by atoms with van der Waals surface area (Å²) in [4.78, 5) is 14.7. The first-order valence-electron chi connectivity index (χ1n) is 10.5. The van der Waals surface area contributed by atoms with Crippen molar-refractivity contribution in [3.05, 3.63) is 94.7 Å². The summed E-state index contributed by atoms with van der Waals surface area (Å²) in [6.45, 7) is 4.16. The quantitative estimate of drug-likeness (QED) is 0.282. The van der Waals surface area contributed by atoms with E-state index in [4.69, 9.17) is 9.47 Å². The SMILES string of the molecule is C=CCN1C(=O)C(=Cc2ccc(OC)c(OCc3ccccc3)c2)SC1=NS(=O)(=O)c1cccs1. The zero-order valence-corrected chi connectivity index (χ0v) is 21.2. The van der Waals surface area contributed by atoms with E-state index in [0.29, 0.717) is 28.6 Å². The predicted octanol–water partition coefficient (Wildman–Crippen LogP) is 5.18. The number of carbonyl (C=O) groups is 1. The van der Waals surface area contributed by atoms with Gasteiger partial charge in [0.05, 0.1) is 12.0 Å². The van der Waals surface area contributed by atoms with Crippen molar-refractivity contribution in [1.82, 2.24) is 4.90 Å². The lowest BCUT2D eigenvalue weighted by Gasteiger charge is -2.12. The van der Waals surface area contributed by atoms with E-state index in [1.54, 1.807) is 42.8 Å². The maximum absolute atomic E-state index is 13.1. The van der Waals surface area contributed by atoms with Crippen LogP contribution < -0.4 is 9.47 Å². The molecule has 0 aliphatic carbocycles. The van der Waals surface area contributed by atoms with Crippen LogP contribution in [0, 0.1) is 0 Å². The summed E-state index contributed by atoms with van der Waals surface area (Å²) in [6, 6.07) is 18.2. The molecule has 1 aromatic heterocycles. The Morgan fingerprint density at radius 1 is 1.09 bits per heavy atom. The summed E-state index contributed by atoms with van der Waals surface area (Å²) in [7, 11) is -2.37. The van der Waals surface area contributed by atoms with Crippen molar-refractivity contribution in [3.8, 4) is 11.5 Å². The predicted molar refractivity (Wildman–Crippen MR) is 140 cm³/mol. The highest BCUT2D eigenvalue weighted by Gasteiger charge is 2.34. The van der Waals surface area contributed by atoms with Crippen LogP contribution in [-0.2, 0) is 21.4 Å². The lowest BCUT2D eigenvalue weighted by atomic mass is 10.1. The molecule has 10 heteroatoms. The second-order valence-electron chi connectivity index (χ2n) is 7.28. The first kappa shape index (κ1) is 24.8. The van der Waals surface area contributed by atoms with Gasteiger partial charge < -0.3 is 9.47 Å². The standard InChI is InChI=1S/C25H22N2O5S3/c1-3-13-27-24(28)22(34-25(27)26-35(29,30)23-10-7-14-33-23)16-19-11-12-20(31-2)21(15-19)32-17-18-8-5-4-6-9-18/h3-12,14-16H,1,13,17H2,2H3. The fraction of sp³-hybridized carbons (Fsp3) is 0.120. The molecule has 1 fully saturated rings. The molecule has 0 unspecified atom stereocenters. The molecule has 0 spiro atoms. The molecule has 0 bridgehead atoms. The molecule has 1 saturated heterocycles. The Morgan fingerprint density at radius 3 is 2.57 bits per heavy atom. The lowest BCUT2D eigenvalue weighted by molar-refractivity contribution is -0.121. The Labute approximate surface area is 212 Å². The monoisotopic (exact) mass is 526 g/mol. The van der Waals surface area contributed by atoms with Crippen LogP contribution in [0.25, 0.3) is 6.08 Å². The lowest BCUT2D eigenvalue weighted by Crippen LogP contribution is -2.29. The van der Waals surface area contributed by atoms with Crippen molar-refractivity contribution in [2.75, 3.05) is 13.7 Å². The van der Waals surface area contributed by atoms with Crippen molar-refractivity contribution >= 4 is 50.3 Å². The van der Waals surface area contributed by atoms with Gasteiger partial charge >= 0.3 is 0 Å². The Bertz CT molecular complexity index is 1380. The number of hydrogen-bond acceptors (Lipinski definition) is 7. The Hall–Kier alpha value is -3.34. The van der Waals surface area contributed by atoms with Crippen molar-refractivity contribution in [3.63, 3.8) is 0 Å².